The molecule has 0 bridgehead atoms. The molecule has 1 unspecified atom stereocenters. The van der Waals surface area contributed by atoms with E-state index >= 15 is 0 Å². The van der Waals surface area contributed by atoms with Crippen LogP contribution in [-0.4, -0.2) is 31.5 Å². The monoisotopic (exact) mass is 267 g/mol. The number of methoxy groups -OCH3 is 1. The number of hydrogen-bond acceptors (Lipinski definition) is 4. The van der Waals surface area contributed by atoms with E-state index in [4.69, 9.17) is 15.2 Å². The summed E-state index contributed by atoms with van der Waals surface area (Å²) in [6, 6.07) is 7.55. The van der Waals surface area contributed by atoms with Gasteiger partial charge in [-0.2, -0.15) is 0 Å². The van der Waals surface area contributed by atoms with Gasteiger partial charge in [0.15, 0.2) is 0 Å². The number of benzene rings is 1. The van der Waals surface area contributed by atoms with Crippen molar-refractivity contribution in [1.29, 1.82) is 0 Å². The van der Waals surface area contributed by atoms with Gasteiger partial charge in [0.2, 0.25) is 0 Å². The Hall–Kier alpha value is -1.10. The summed E-state index contributed by atoms with van der Waals surface area (Å²) < 4.78 is 10.9. The molecule has 0 amide bonds. The fourth-order valence-corrected chi connectivity index (χ4v) is 2.13. The maximum absolute atomic E-state index is 10.8. The summed E-state index contributed by atoms with van der Waals surface area (Å²) in [6.07, 6.45) is 1.34. The summed E-state index contributed by atoms with van der Waals surface area (Å²) in [5.41, 5.74) is 5.25. The lowest BCUT2D eigenvalue weighted by Crippen LogP contribution is -2.33. The molecule has 0 aliphatic rings. The number of nitrogens with two attached hydrogens (primary N) is 1. The lowest BCUT2D eigenvalue weighted by atomic mass is 9.89. The van der Waals surface area contributed by atoms with Crippen LogP contribution in [0.25, 0.3) is 0 Å². The minimum absolute atomic E-state index is 0.0578. The van der Waals surface area contributed by atoms with Crippen LogP contribution in [0.2, 0.25) is 0 Å². The van der Waals surface area contributed by atoms with Crippen molar-refractivity contribution in [3.63, 3.8) is 0 Å². The van der Waals surface area contributed by atoms with Gasteiger partial charge in [-0.1, -0.05) is 18.2 Å². The SMILES string of the molecule is COCC(O)(CCCN)c1ccccc1OC(C)C. The van der Waals surface area contributed by atoms with Gasteiger partial charge in [0.05, 0.1) is 12.7 Å². The second-order valence-corrected chi connectivity index (χ2v) is 5.02. The van der Waals surface area contributed by atoms with E-state index < -0.39 is 5.60 Å². The number of hydrogen-bond donors (Lipinski definition) is 2. The zero-order valence-corrected chi connectivity index (χ0v) is 12.1. The normalized spacial score (nSPS) is 14.4. The average molecular weight is 267 g/mol. The molecule has 0 heterocycles. The molecular weight excluding hydrogens is 242 g/mol. The van der Waals surface area contributed by atoms with Crippen molar-refractivity contribution in [1.82, 2.24) is 0 Å². The highest BCUT2D eigenvalue weighted by Gasteiger charge is 2.31. The van der Waals surface area contributed by atoms with E-state index in [-0.39, 0.29) is 12.7 Å². The number of ether oxygens (including phenoxy) is 2. The fraction of sp³-hybridized carbons (Fsp3) is 0.600. The standard InChI is InChI=1S/C15H25NO3/c1-12(2)19-14-8-5-4-7-13(14)15(17,11-18-3)9-6-10-16/h4-5,7-8,12,17H,6,9-11,16H2,1-3H3. The lowest BCUT2D eigenvalue weighted by molar-refractivity contribution is -0.0449. The van der Waals surface area contributed by atoms with Crippen molar-refractivity contribution in [3.05, 3.63) is 29.8 Å². The van der Waals surface area contributed by atoms with Crippen molar-refractivity contribution >= 4 is 0 Å². The number of rotatable bonds is 8. The van der Waals surface area contributed by atoms with Crippen LogP contribution in [-0.2, 0) is 10.3 Å². The van der Waals surface area contributed by atoms with E-state index in [9.17, 15) is 5.11 Å². The molecular formula is C15H25NO3. The fourth-order valence-electron chi connectivity index (χ4n) is 2.13. The summed E-state index contributed by atoms with van der Waals surface area (Å²) >= 11 is 0. The summed E-state index contributed by atoms with van der Waals surface area (Å²) in [5.74, 6) is 0.703. The van der Waals surface area contributed by atoms with Crippen LogP contribution in [0.15, 0.2) is 24.3 Å². The van der Waals surface area contributed by atoms with Crippen LogP contribution in [0.1, 0.15) is 32.3 Å². The van der Waals surface area contributed by atoms with Crippen LogP contribution in [0.3, 0.4) is 0 Å². The second-order valence-electron chi connectivity index (χ2n) is 5.02. The third-order valence-electron chi connectivity index (χ3n) is 2.93. The molecule has 0 saturated carbocycles. The van der Waals surface area contributed by atoms with Gasteiger partial charge >= 0.3 is 0 Å². The number of aliphatic hydroxyl groups is 1. The molecule has 1 atom stereocenters. The van der Waals surface area contributed by atoms with E-state index in [1.807, 2.05) is 38.1 Å². The van der Waals surface area contributed by atoms with Crippen molar-refractivity contribution in [3.8, 4) is 5.75 Å². The largest absolute Gasteiger partial charge is 0.491 e. The molecule has 1 rings (SSSR count). The first-order valence-corrected chi connectivity index (χ1v) is 6.71. The van der Waals surface area contributed by atoms with Gasteiger partial charge in [0, 0.05) is 12.7 Å². The molecule has 0 saturated heterocycles. The molecule has 3 N–H and O–H groups in total. The minimum atomic E-state index is -1.06. The highest BCUT2D eigenvalue weighted by Crippen LogP contribution is 2.34. The molecule has 0 aliphatic heterocycles. The van der Waals surface area contributed by atoms with Crippen LogP contribution in [0, 0.1) is 0 Å². The molecule has 1 aromatic rings. The Morgan fingerprint density at radius 1 is 1.32 bits per heavy atom. The van der Waals surface area contributed by atoms with E-state index in [0.29, 0.717) is 18.7 Å². The topological polar surface area (TPSA) is 64.7 Å². The van der Waals surface area contributed by atoms with Gasteiger partial charge in [-0.3, -0.25) is 0 Å². The second kappa shape index (κ2) is 7.48. The molecule has 108 valence electrons. The third-order valence-corrected chi connectivity index (χ3v) is 2.93. The molecule has 4 heteroatoms. The highest BCUT2D eigenvalue weighted by atomic mass is 16.5. The Morgan fingerprint density at radius 3 is 2.58 bits per heavy atom. The van der Waals surface area contributed by atoms with Crippen LogP contribution < -0.4 is 10.5 Å². The van der Waals surface area contributed by atoms with Gasteiger partial charge in [0.1, 0.15) is 11.4 Å². The van der Waals surface area contributed by atoms with Gasteiger partial charge < -0.3 is 20.3 Å². The minimum Gasteiger partial charge on any atom is -0.491 e. The first-order chi connectivity index (χ1) is 9.03. The van der Waals surface area contributed by atoms with Crippen LogP contribution >= 0.6 is 0 Å². The maximum atomic E-state index is 10.8. The molecule has 0 radical (unpaired) electrons. The van der Waals surface area contributed by atoms with E-state index in [2.05, 4.69) is 0 Å². The Labute approximate surface area is 115 Å². The third kappa shape index (κ3) is 4.49. The van der Waals surface area contributed by atoms with Crippen molar-refractivity contribution < 1.29 is 14.6 Å². The first kappa shape index (κ1) is 16.0. The van der Waals surface area contributed by atoms with E-state index in [1.165, 1.54) is 0 Å². The summed E-state index contributed by atoms with van der Waals surface area (Å²) in [4.78, 5) is 0. The Bertz CT molecular complexity index is 381. The molecule has 0 fully saturated rings. The number of para-hydroxylation sites is 1. The average Bonchev–Trinajstić information content (AvgIpc) is 2.36. The molecule has 4 nitrogen and oxygen atoms in total. The summed E-state index contributed by atoms with van der Waals surface area (Å²) in [7, 11) is 1.58. The summed E-state index contributed by atoms with van der Waals surface area (Å²) in [5, 5.41) is 10.8. The van der Waals surface area contributed by atoms with Crippen molar-refractivity contribution in [2.75, 3.05) is 20.3 Å². The first-order valence-electron chi connectivity index (χ1n) is 6.71. The zero-order chi connectivity index (χ0) is 14.3. The Kier molecular flexibility index (Phi) is 6.28. The quantitative estimate of drug-likeness (QED) is 0.756. The molecule has 0 aliphatic carbocycles. The predicted octanol–water partition coefficient (Wildman–Crippen LogP) is 2.05. The van der Waals surface area contributed by atoms with Gasteiger partial charge in [-0.25, -0.2) is 0 Å². The van der Waals surface area contributed by atoms with Crippen LogP contribution in [0.4, 0.5) is 0 Å². The summed E-state index contributed by atoms with van der Waals surface area (Å²) in [6.45, 7) is 4.70. The van der Waals surface area contributed by atoms with E-state index in [0.717, 1.165) is 12.0 Å². The zero-order valence-electron chi connectivity index (χ0n) is 12.1. The Morgan fingerprint density at radius 2 is 2.00 bits per heavy atom. The van der Waals surface area contributed by atoms with E-state index in [1.54, 1.807) is 7.11 Å². The smallest absolute Gasteiger partial charge is 0.125 e. The van der Waals surface area contributed by atoms with Crippen LogP contribution in [0.5, 0.6) is 5.75 Å². The highest BCUT2D eigenvalue weighted by molar-refractivity contribution is 5.38. The maximum Gasteiger partial charge on any atom is 0.125 e. The molecule has 0 aromatic heterocycles. The van der Waals surface area contributed by atoms with Gasteiger partial charge in [-0.15, -0.1) is 0 Å². The molecule has 19 heavy (non-hydrogen) atoms. The van der Waals surface area contributed by atoms with Crippen molar-refractivity contribution in [2.24, 2.45) is 5.73 Å². The Balaban J connectivity index is 3.06. The molecule has 0 spiro atoms. The van der Waals surface area contributed by atoms with Gasteiger partial charge in [0.25, 0.3) is 0 Å². The van der Waals surface area contributed by atoms with Gasteiger partial charge in [-0.05, 0) is 39.3 Å². The predicted molar refractivity (Wildman–Crippen MR) is 76.3 cm³/mol. The van der Waals surface area contributed by atoms with Crippen molar-refractivity contribution in [2.45, 2.75) is 38.4 Å². The lowest BCUT2D eigenvalue weighted by Gasteiger charge is -2.30. The molecule has 1 aromatic carbocycles.